The van der Waals surface area contributed by atoms with Crippen molar-refractivity contribution in [1.29, 1.82) is 5.26 Å². The summed E-state index contributed by atoms with van der Waals surface area (Å²) in [5.41, 5.74) is 3.35. The van der Waals surface area contributed by atoms with Gasteiger partial charge in [0.1, 0.15) is 23.7 Å². The first kappa shape index (κ1) is 20.7. The maximum absolute atomic E-state index is 12.6. The van der Waals surface area contributed by atoms with Crippen LogP contribution in [-0.2, 0) is 11.3 Å². The van der Waals surface area contributed by atoms with Crippen LogP contribution in [0.15, 0.2) is 47.1 Å². The van der Waals surface area contributed by atoms with Gasteiger partial charge in [0.05, 0.1) is 18.4 Å². The Morgan fingerprint density at radius 3 is 2.66 bits per heavy atom. The number of hydrogen-bond acceptors (Lipinski definition) is 3. The second-order valence-corrected chi connectivity index (χ2v) is 7.48. The average Bonchev–Trinajstić information content (AvgIpc) is 3.30. The molecule has 2 heterocycles. The lowest BCUT2D eigenvalue weighted by atomic mass is 10.1. The number of anilines is 1. The minimum Gasteiger partial charge on any atom is -0.467 e. The molecule has 1 amide bonds. The highest BCUT2D eigenvalue weighted by molar-refractivity contribution is 6.30. The Hall–Kier alpha value is -3.01. The number of rotatable bonds is 7. The minimum atomic E-state index is -0.166. The molecule has 0 aliphatic carbocycles. The molecule has 3 aromatic rings. The summed E-state index contributed by atoms with van der Waals surface area (Å²) in [4.78, 5) is 12.6. The lowest BCUT2D eigenvalue weighted by Crippen LogP contribution is -2.86. The SMILES string of the molecule is Cc1c(C#N)c(NC(=O)C[NH2+][C@@H](C)c2ccc(Cl)cc2)n(Cc2ccco2)c1C. The highest BCUT2D eigenvalue weighted by Gasteiger charge is 2.21. The fourth-order valence-corrected chi connectivity index (χ4v) is 3.38. The fourth-order valence-electron chi connectivity index (χ4n) is 3.26. The molecule has 0 fully saturated rings. The van der Waals surface area contributed by atoms with Crippen molar-refractivity contribution >= 4 is 23.3 Å². The molecule has 6 nitrogen and oxygen atoms in total. The van der Waals surface area contributed by atoms with Crippen LogP contribution in [-0.4, -0.2) is 17.0 Å². The van der Waals surface area contributed by atoms with E-state index in [4.69, 9.17) is 16.0 Å². The van der Waals surface area contributed by atoms with E-state index in [2.05, 4.69) is 11.4 Å². The molecule has 3 N–H and O–H groups in total. The number of quaternary nitrogens is 1. The van der Waals surface area contributed by atoms with Gasteiger partial charge in [-0.2, -0.15) is 5.26 Å². The van der Waals surface area contributed by atoms with Gasteiger partial charge in [0.25, 0.3) is 5.91 Å². The second-order valence-electron chi connectivity index (χ2n) is 7.04. The zero-order valence-corrected chi connectivity index (χ0v) is 17.5. The van der Waals surface area contributed by atoms with Gasteiger partial charge in [-0.15, -0.1) is 0 Å². The lowest BCUT2D eigenvalue weighted by Gasteiger charge is -2.13. The van der Waals surface area contributed by atoms with Crippen molar-refractivity contribution in [2.75, 3.05) is 11.9 Å². The normalized spacial score (nSPS) is 11.8. The average molecular weight is 412 g/mol. The molecule has 0 aliphatic heterocycles. The summed E-state index contributed by atoms with van der Waals surface area (Å²) >= 11 is 5.93. The number of nitrogens with zero attached hydrogens (tertiary/aromatic N) is 2. The third-order valence-corrected chi connectivity index (χ3v) is 5.40. The van der Waals surface area contributed by atoms with Gasteiger partial charge in [0, 0.05) is 16.3 Å². The molecule has 0 saturated carbocycles. The Kier molecular flexibility index (Phi) is 6.42. The highest BCUT2D eigenvalue weighted by Crippen LogP contribution is 2.27. The highest BCUT2D eigenvalue weighted by atomic mass is 35.5. The molecule has 29 heavy (non-hydrogen) atoms. The number of benzene rings is 1. The molecule has 1 aromatic carbocycles. The molecule has 0 radical (unpaired) electrons. The van der Waals surface area contributed by atoms with Gasteiger partial charge in [-0.3, -0.25) is 4.79 Å². The monoisotopic (exact) mass is 411 g/mol. The van der Waals surface area contributed by atoms with Crippen LogP contribution in [0.25, 0.3) is 0 Å². The van der Waals surface area contributed by atoms with E-state index in [1.807, 2.05) is 67.1 Å². The van der Waals surface area contributed by atoms with Crippen LogP contribution >= 0.6 is 11.6 Å². The molecular formula is C22H24ClN4O2+. The predicted octanol–water partition coefficient (Wildman–Crippen LogP) is 3.53. The van der Waals surface area contributed by atoms with Gasteiger partial charge in [0.2, 0.25) is 0 Å². The summed E-state index contributed by atoms with van der Waals surface area (Å²) in [7, 11) is 0. The van der Waals surface area contributed by atoms with Crippen molar-refractivity contribution in [2.45, 2.75) is 33.4 Å². The van der Waals surface area contributed by atoms with Crippen LogP contribution in [0.2, 0.25) is 5.02 Å². The van der Waals surface area contributed by atoms with Crippen LogP contribution in [0.5, 0.6) is 0 Å². The van der Waals surface area contributed by atoms with Crippen LogP contribution < -0.4 is 10.6 Å². The standard InChI is InChI=1S/C22H23ClN4O2/c1-14-16(3)27(13-19-5-4-10-29-19)22(20(14)11-24)26-21(28)12-25-15(2)17-6-8-18(23)9-7-17/h4-10,15,25H,12-13H2,1-3H3,(H,26,28)/p+1/t15-/m0/s1. The maximum Gasteiger partial charge on any atom is 0.280 e. The van der Waals surface area contributed by atoms with Gasteiger partial charge in [-0.25, -0.2) is 0 Å². The van der Waals surface area contributed by atoms with E-state index in [1.165, 1.54) is 0 Å². The third-order valence-electron chi connectivity index (χ3n) is 5.15. The molecular weight excluding hydrogens is 388 g/mol. The zero-order chi connectivity index (χ0) is 21.0. The van der Waals surface area contributed by atoms with Crippen LogP contribution in [0.1, 0.15) is 41.1 Å². The summed E-state index contributed by atoms with van der Waals surface area (Å²) in [6.07, 6.45) is 1.61. The first-order valence-corrected chi connectivity index (χ1v) is 9.79. The van der Waals surface area contributed by atoms with E-state index in [-0.39, 0.29) is 18.5 Å². The van der Waals surface area contributed by atoms with Gasteiger partial charge < -0.3 is 19.6 Å². The topological polar surface area (TPSA) is 87.6 Å². The number of carbonyl (C=O) groups excluding carboxylic acids is 1. The summed E-state index contributed by atoms with van der Waals surface area (Å²) < 4.78 is 7.35. The molecule has 0 spiro atoms. The largest absolute Gasteiger partial charge is 0.467 e. The number of aromatic nitrogens is 1. The molecule has 0 saturated heterocycles. The van der Waals surface area contributed by atoms with E-state index < -0.39 is 0 Å². The molecule has 1 atom stereocenters. The number of nitrogens with two attached hydrogens (primary N) is 1. The number of furan rings is 1. The Labute approximate surface area is 175 Å². The van der Waals surface area contributed by atoms with Gasteiger partial charge in [-0.05, 0) is 50.6 Å². The van der Waals surface area contributed by atoms with Gasteiger partial charge >= 0.3 is 0 Å². The van der Waals surface area contributed by atoms with Crippen LogP contribution in [0.3, 0.4) is 0 Å². The number of halogens is 1. The summed E-state index contributed by atoms with van der Waals surface area (Å²) in [6.45, 7) is 6.53. The lowest BCUT2D eigenvalue weighted by molar-refractivity contribution is -0.682. The van der Waals surface area contributed by atoms with Crippen molar-refractivity contribution in [3.8, 4) is 6.07 Å². The van der Waals surface area contributed by atoms with Crippen molar-refractivity contribution in [1.82, 2.24) is 4.57 Å². The third kappa shape index (κ3) is 4.70. The zero-order valence-electron chi connectivity index (χ0n) is 16.7. The van der Waals surface area contributed by atoms with Gasteiger partial charge in [0.15, 0.2) is 6.54 Å². The number of nitriles is 1. The van der Waals surface area contributed by atoms with E-state index >= 15 is 0 Å². The van der Waals surface area contributed by atoms with Crippen LogP contribution in [0, 0.1) is 25.2 Å². The number of carbonyl (C=O) groups is 1. The first-order valence-electron chi connectivity index (χ1n) is 9.41. The van der Waals surface area contributed by atoms with Crippen LogP contribution in [0.4, 0.5) is 5.82 Å². The Balaban J connectivity index is 1.73. The van der Waals surface area contributed by atoms with Crippen molar-refractivity contribution in [3.63, 3.8) is 0 Å². The second kappa shape index (κ2) is 8.99. The molecule has 0 bridgehead atoms. The minimum absolute atomic E-state index is 0.104. The summed E-state index contributed by atoms with van der Waals surface area (Å²) in [5, 5.41) is 15.2. The molecule has 3 rings (SSSR count). The van der Waals surface area contributed by atoms with Crippen molar-refractivity contribution < 1.29 is 14.5 Å². The maximum atomic E-state index is 12.6. The number of amides is 1. The molecule has 150 valence electrons. The summed E-state index contributed by atoms with van der Waals surface area (Å²) in [5.74, 6) is 1.10. The number of nitrogens with one attached hydrogen (secondary N) is 1. The van der Waals surface area contributed by atoms with E-state index in [0.717, 1.165) is 22.6 Å². The van der Waals surface area contributed by atoms with Crippen molar-refractivity contribution in [3.05, 3.63) is 75.8 Å². The Morgan fingerprint density at radius 1 is 1.31 bits per heavy atom. The molecule has 0 unspecified atom stereocenters. The van der Waals surface area contributed by atoms with E-state index in [1.54, 1.807) is 6.26 Å². The summed E-state index contributed by atoms with van der Waals surface area (Å²) in [6, 6.07) is 13.6. The fraction of sp³-hybridized carbons (Fsp3) is 0.273. The predicted molar refractivity (Wildman–Crippen MR) is 112 cm³/mol. The first-order chi connectivity index (χ1) is 13.9. The number of hydrogen-bond donors (Lipinski definition) is 2. The van der Waals surface area contributed by atoms with E-state index in [9.17, 15) is 10.1 Å². The molecule has 2 aromatic heterocycles. The molecule has 0 aliphatic rings. The van der Waals surface area contributed by atoms with Crippen molar-refractivity contribution in [2.24, 2.45) is 0 Å². The smallest absolute Gasteiger partial charge is 0.280 e. The van der Waals surface area contributed by atoms with Gasteiger partial charge in [-0.1, -0.05) is 23.7 Å². The van der Waals surface area contributed by atoms with E-state index in [0.29, 0.717) is 22.9 Å². The quantitative estimate of drug-likeness (QED) is 0.623. The Morgan fingerprint density at radius 2 is 2.03 bits per heavy atom. The molecule has 7 heteroatoms. The Bertz CT molecular complexity index is 1030.